The molecular weight excluding hydrogens is 418 g/mol. The van der Waals surface area contributed by atoms with Gasteiger partial charge in [-0.15, -0.1) is 24.0 Å². The minimum atomic E-state index is -4.28. The Morgan fingerprint density at radius 3 is 2.30 bits per heavy atom. The average molecular weight is 443 g/mol. The second-order valence-corrected chi connectivity index (χ2v) is 5.19. The van der Waals surface area contributed by atoms with E-state index in [4.69, 9.17) is 0 Å². The van der Waals surface area contributed by atoms with Gasteiger partial charge in [-0.25, -0.2) is 0 Å². The van der Waals surface area contributed by atoms with Gasteiger partial charge in [0.1, 0.15) is 0 Å². The van der Waals surface area contributed by atoms with Gasteiger partial charge in [0.05, 0.1) is 5.56 Å². The molecule has 0 heterocycles. The Labute approximate surface area is 153 Å². The summed E-state index contributed by atoms with van der Waals surface area (Å²) in [6, 6.07) is 5.29. The lowest BCUT2D eigenvalue weighted by Gasteiger charge is -2.21. The van der Waals surface area contributed by atoms with Crippen LogP contribution < -0.4 is 5.32 Å². The minimum absolute atomic E-state index is 0. The number of nitrogens with zero attached hydrogens (tertiary/aromatic N) is 2. The molecule has 0 saturated carbocycles. The van der Waals surface area contributed by atoms with Crippen molar-refractivity contribution in [2.24, 2.45) is 4.99 Å². The molecule has 7 heteroatoms. The van der Waals surface area contributed by atoms with Gasteiger partial charge in [-0.2, -0.15) is 13.2 Å². The van der Waals surface area contributed by atoms with E-state index in [1.165, 1.54) is 12.1 Å². The first kappa shape index (κ1) is 22.0. The maximum absolute atomic E-state index is 12.5. The van der Waals surface area contributed by atoms with Crippen molar-refractivity contribution in [2.75, 3.05) is 27.2 Å². The molecule has 0 spiro atoms. The molecule has 0 aliphatic heterocycles. The van der Waals surface area contributed by atoms with Gasteiger partial charge in [-0.3, -0.25) is 4.99 Å². The first-order chi connectivity index (χ1) is 10.4. The molecule has 0 bridgehead atoms. The van der Waals surface area contributed by atoms with Gasteiger partial charge < -0.3 is 10.2 Å². The van der Waals surface area contributed by atoms with Gasteiger partial charge in [-0.05, 0) is 30.5 Å². The van der Waals surface area contributed by atoms with Crippen molar-refractivity contribution < 1.29 is 13.2 Å². The van der Waals surface area contributed by atoms with Crippen LogP contribution in [0.2, 0.25) is 0 Å². The van der Waals surface area contributed by atoms with E-state index in [0.717, 1.165) is 43.0 Å². The van der Waals surface area contributed by atoms with Crippen LogP contribution in [0.5, 0.6) is 0 Å². The molecule has 0 atom stereocenters. The predicted octanol–water partition coefficient (Wildman–Crippen LogP) is 4.17. The number of nitrogens with one attached hydrogen (secondary N) is 1. The summed E-state index contributed by atoms with van der Waals surface area (Å²) in [5, 5.41) is 3.23. The SMILES string of the molecule is CCCCN(C)C(=NC)NCCc1ccc(C(F)(F)F)cc1.I. The molecule has 0 amide bonds. The van der Waals surface area contributed by atoms with Crippen LogP contribution in [0.3, 0.4) is 0 Å². The number of hydrogen-bond acceptors (Lipinski definition) is 1. The third-order valence-electron chi connectivity index (χ3n) is 3.40. The maximum atomic E-state index is 12.5. The van der Waals surface area contributed by atoms with E-state index in [2.05, 4.69) is 22.1 Å². The fourth-order valence-corrected chi connectivity index (χ4v) is 2.06. The summed E-state index contributed by atoms with van der Waals surface area (Å²) in [5.41, 5.74) is 0.256. The normalized spacial score (nSPS) is 11.8. The molecule has 0 aliphatic rings. The Bertz CT molecular complexity index is 472. The highest BCUT2D eigenvalue weighted by Crippen LogP contribution is 2.29. The van der Waals surface area contributed by atoms with Gasteiger partial charge in [-0.1, -0.05) is 25.5 Å². The topological polar surface area (TPSA) is 27.6 Å². The van der Waals surface area contributed by atoms with Crippen LogP contribution in [0.15, 0.2) is 29.3 Å². The van der Waals surface area contributed by atoms with Gasteiger partial charge in [0.25, 0.3) is 0 Å². The van der Waals surface area contributed by atoms with Gasteiger partial charge in [0, 0.05) is 27.2 Å². The lowest BCUT2D eigenvalue weighted by atomic mass is 10.1. The molecule has 0 saturated heterocycles. The number of alkyl halides is 3. The molecular formula is C16H25F3IN3. The van der Waals surface area contributed by atoms with Crippen molar-refractivity contribution in [3.05, 3.63) is 35.4 Å². The van der Waals surface area contributed by atoms with Crippen LogP contribution in [-0.2, 0) is 12.6 Å². The lowest BCUT2D eigenvalue weighted by molar-refractivity contribution is -0.137. The van der Waals surface area contributed by atoms with E-state index in [9.17, 15) is 13.2 Å². The molecule has 132 valence electrons. The fourth-order valence-electron chi connectivity index (χ4n) is 2.06. The molecule has 1 N–H and O–H groups in total. The van der Waals surface area contributed by atoms with Gasteiger partial charge in [0.2, 0.25) is 0 Å². The summed E-state index contributed by atoms with van der Waals surface area (Å²) in [4.78, 5) is 6.25. The predicted molar refractivity (Wildman–Crippen MR) is 99.5 cm³/mol. The largest absolute Gasteiger partial charge is 0.416 e. The first-order valence-corrected chi connectivity index (χ1v) is 7.46. The number of hydrogen-bond donors (Lipinski definition) is 1. The summed E-state index contributed by atoms with van der Waals surface area (Å²) in [6.07, 6.45) is -1.41. The zero-order valence-corrected chi connectivity index (χ0v) is 16.1. The van der Waals surface area contributed by atoms with E-state index < -0.39 is 11.7 Å². The Balaban J connectivity index is 0.00000484. The molecule has 0 aromatic heterocycles. The Hall–Kier alpha value is -0.990. The van der Waals surface area contributed by atoms with Crippen LogP contribution in [0.4, 0.5) is 13.2 Å². The highest BCUT2D eigenvalue weighted by atomic mass is 127. The molecule has 1 rings (SSSR count). The summed E-state index contributed by atoms with van der Waals surface area (Å²) in [7, 11) is 3.70. The van der Waals surface area contributed by atoms with E-state index >= 15 is 0 Å². The van der Waals surface area contributed by atoms with Crippen LogP contribution >= 0.6 is 24.0 Å². The van der Waals surface area contributed by atoms with E-state index in [1.54, 1.807) is 7.05 Å². The van der Waals surface area contributed by atoms with Gasteiger partial charge in [0.15, 0.2) is 5.96 Å². The van der Waals surface area contributed by atoms with Gasteiger partial charge >= 0.3 is 6.18 Å². The standard InChI is InChI=1S/C16H24F3N3.HI/c1-4-5-12-22(3)15(20-2)21-11-10-13-6-8-14(9-7-13)16(17,18)19;/h6-9H,4-5,10-12H2,1-3H3,(H,20,21);1H. The highest BCUT2D eigenvalue weighted by Gasteiger charge is 2.29. The van der Waals surface area contributed by atoms with Crippen molar-refractivity contribution in [1.29, 1.82) is 0 Å². The van der Waals surface area contributed by atoms with Crippen molar-refractivity contribution in [3.63, 3.8) is 0 Å². The quantitative estimate of drug-likeness (QED) is 0.406. The number of unbranched alkanes of at least 4 members (excludes halogenated alkanes) is 1. The van der Waals surface area contributed by atoms with Crippen LogP contribution in [-0.4, -0.2) is 38.0 Å². The Kier molecular flexibility index (Phi) is 10.3. The van der Waals surface area contributed by atoms with Crippen molar-refractivity contribution in [2.45, 2.75) is 32.4 Å². The summed E-state index contributed by atoms with van der Waals surface area (Å²) in [6.45, 7) is 3.69. The number of benzene rings is 1. The maximum Gasteiger partial charge on any atom is 0.416 e. The summed E-state index contributed by atoms with van der Waals surface area (Å²) < 4.78 is 37.4. The number of halogens is 4. The Morgan fingerprint density at radius 2 is 1.83 bits per heavy atom. The van der Waals surface area contributed by atoms with E-state index in [0.29, 0.717) is 13.0 Å². The third-order valence-corrected chi connectivity index (χ3v) is 3.40. The van der Waals surface area contributed by atoms with Crippen molar-refractivity contribution in [1.82, 2.24) is 10.2 Å². The number of guanidine groups is 1. The van der Waals surface area contributed by atoms with Crippen LogP contribution in [0.25, 0.3) is 0 Å². The molecule has 0 aliphatic carbocycles. The monoisotopic (exact) mass is 443 g/mol. The summed E-state index contributed by atoms with van der Waals surface area (Å²) >= 11 is 0. The zero-order valence-electron chi connectivity index (χ0n) is 13.8. The lowest BCUT2D eigenvalue weighted by Crippen LogP contribution is -2.40. The first-order valence-electron chi connectivity index (χ1n) is 7.46. The second kappa shape index (κ2) is 10.7. The van der Waals surface area contributed by atoms with Crippen LogP contribution in [0, 0.1) is 0 Å². The Morgan fingerprint density at radius 1 is 1.22 bits per heavy atom. The second-order valence-electron chi connectivity index (χ2n) is 5.19. The van der Waals surface area contributed by atoms with Crippen molar-refractivity contribution >= 4 is 29.9 Å². The smallest absolute Gasteiger partial charge is 0.356 e. The molecule has 0 fully saturated rings. The van der Waals surface area contributed by atoms with Crippen molar-refractivity contribution in [3.8, 4) is 0 Å². The molecule has 23 heavy (non-hydrogen) atoms. The van der Waals surface area contributed by atoms with E-state index in [-0.39, 0.29) is 24.0 Å². The zero-order chi connectivity index (χ0) is 16.6. The molecule has 1 aromatic rings. The molecule has 1 aromatic carbocycles. The molecule has 3 nitrogen and oxygen atoms in total. The molecule has 0 radical (unpaired) electrons. The molecule has 0 unspecified atom stereocenters. The fraction of sp³-hybridized carbons (Fsp3) is 0.562. The minimum Gasteiger partial charge on any atom is -0.356 e. The average Bonchev–Trinajstić information content (AvgIpc) is 2.48. The summed E-state index contributed by atoms with van der Waals surface area (Å²) in [5.74, 6) is 0.806. The van der Waals surface area contributed by atoms with Crippen LogP contribution in [0.1, 0.15) is 30.9 Å². The van der Waals surface area contributed by atoms with E-state index in [1.807, 2.05) is 7.05 Å². The highest BCUT2D eigenvalue weighted by molar-refractivity contribution is 14.0. The third kappa shape index (κ3) is 7.90. The number of rotatable bonds is 6. The number of aliphatic imine (C=N–C) groups is 1.